The maximum atomic E-state index is 5.70. The van der Waals surface area contributed by atoms with E-state index >= 15 is 0 Å². The van der Waals surface area contributed by atoms with Crippen molar-refractivity contribution in [1.82, 2.24) is 5.32 Å². The molecule has 2 atom stereocenters. The highest BCUT2D eigenvalue weighted by Crippen LogP contribution is 2.09. The van der Waals surface area contributed by atoms with Gasteiger partial charge in [-0.1, -0.05) is 27.2 Å². The second kappa shape index (κ2) is 8.52. The van der Waals surface area contributed by atoms with Gasteiger partial charge in [0.2, 0.25) is 0 Å². The molecule has 2 unspecified atom stereocenters. The van der Waals surface area contributed by atoms with Gasteiger partial charge >= 0.3 is 0 Å². The summed E-state index contributed by atoms with van der Waals surface area (Å²) < 4.78 is 5.70. The summed E-state index contributed by atoms with van der Waals surface area (Å²) in [6.07, 6.45) is 3.93. The van der Waals surface area contributed by atoms with Crippen molar-refractivity contribution < 1.29 is 4.74 Å². The maximum Gasteiger partial charge on any atom is 0.0725 e. The summed E-state index contributed by atoms with van der Waals surface area (Å²) in [4.78, 5) is 0. The van der Waals surface area contributed by atoms with Crippen molar-refractivity contribution in [3.05, 3.63) is 0 Å². The SMILES string of the molecule is CCCC(NCC)C(CC)OCC. The van der Waals surface area contributed by atoms with Crippen molar-refractivity contribution in [2.24, 2.45) is 0 Å². The van der Waals surface area contributed by atoms with Gasteiger partial charge in [-0.05, 0) is 26.3 Å². The van der Waals surface area contributed by atoms with Crippen LogP contribution in [0.4, 0.5) is 0 Å². The highest BCUT2D eigenvalue weighted by Gasteiger charge is 2.17. The third-order valence-corrected chi connectivity index (χ3v) is 2.30. The molecule has 13 heavy (non-hydrogen) atoms. The molecule has 2 nitrogen and oxygen atoms in total. The van der Waals surface area contributed by atoms with E-state index in [1.807, 2.05) is 0 Å². The Morgan fingerprint density at radius 2 is 1.85 bits per heavy atom. The average molecular weight is 187 g/mol. The molecule has 0 spiro atoms. The summed E-state index contributed by atoms with van der Waals surface area (Å²) in [7, 11) is 0. The first kappa shape index (κ1) is 12.9. The third-order valence-electron chi connectivity index (χ3n) is 2.30. The van der Waals surface area contributed by atoms with Crippen LogP contribution in [0, 0.1) is 0 Å². The summed E-state index contributed by atoms with van der Waals surface area (Å²) in [5, 5.41) is 3.49. The zero-order valence-corrected chi connectivity index (χ0v) is 9.60. The van der Waals surface area contributed by atoms with Crippen LogP contribution in [0.15, 0.2) is 0 Å². The monoisotopic (exact) mass is 187 g/mol. The molecule has 0 saturated carbocycles. The summed E-state index contributed by atoms with van der Waals surface area (Å²) in [6.45, 7) is 10.5. The van der Waals surface area contributed by atoms with Crippen molar-refractivity contribution in [3.63, 3.8) is 0 Å². The predicted molar refractivity (Wildman–Crippen MR) is 58.1 cm³/mol. The van der Waals surface area contributed by atoms with Crippen LogP contribution >= 0.6 is 0 Å². The molecule has 0 aliphatic heterocycles. The van der Waals surface area contributed by atoms with E-state index in [9.17, 15) is 0 Å². The molecule has 0 bridgehead atoms. The molecule has 0 aromatic rings. The molecule has 0 aliphatic carbocycles. The Hall–Kier alpha value is -0.0800. The van der Waals surface area contributed by atoms with E-state index in [2.05, 4.69) is 33.0 Å². The van der Waals surface area contributed by atoms with Crippen LogP contribution in [0.2, 0.25) is 0 Å². The Labute approximate surface area is 83.1 Å². The largest absolute Gasteiger partial charge is 0.377 e. The van der Waals surface area contributed by atoms with Crippen molar-refractivity contribution in [2.75, 3.05) is 13.2 Å². The molecular weight excluding hydrogens is 162 g/mol. The smallest absolute Gasteiger partial charge is 0.0725 e. The molecule has 0 saturated heterocycles. The van der Waals surface area contributed by atoms with Gasteiger partial charge in [0.1, 0.15) is 0 Å². The summed E-state index contributed by atoms with van der Waals surface area (Å²) in [5.41, 5.74) is 0. The van der Waals surface area contributed by atoms with E-state index in [1.165, 1.54) is 12.8 Å². The lowest BCUT2D eigenvalue weighted by atomic mass is 10.0. The predicted octanol–water partition coefficient (Wildman–Crippen LogP) is 2.58. The van der Waals surface area contributed by atoms with Crippen LogP contribution in [0.3, 0.4) is 0 Å². The van der Waals surface area contributed by atoms with Gasteiger partial charge in [-0.3, -0.25) is 0 Å². The standard InChI is InChI=1S/C11H25NO/c1-5-9-10(12-7-3)11(6-2)13-8-4/h10-12H,5-9H2,1-4H3. The number of rotatable bonds is 8. The molecule has 0 amide bonds. The molecule has 1 N–H and O–H groups in total. The van der Waals surface area contributed by atoms with Gasteiger partial charge in [-0.25, -0.2) is 0 Å². The molecular formula is C11H25NO. The van der Waals surface area contributed by atoms with Crippen molar-refractivity contribution in [3.8, 4) is 0 Å². The lowest BCUT2D eigenvalue weighted by Gasteiger charge is -2.26. The molecule has 0 fully saturated rings. The first-order valence-corrected chi connectivity index (χ1v) is 5.64. The fourth-order valence-electron chi connectivity index (χ4n) is 1.73. The van der Waals surface area contributed by atoms with Gasteiger partial charge < -0.3 is 10.1 Å². The van der Waals surface area contributed by atoms with Crippen LogP contribution in [-0.4, -0.2) is 25.3 Å². The van der Waals surface area contributed by atoms with Crippen molar-refractivity contribution >= 4 is 0 Å². The van der Waals surface area contributed by atoms with Crippen LogP contribution in [0.1, 0.15) is 47.0 Å². The minimum atomic E-state index is 0.393. The first-order valence-electron chi connectivity index (χ1n) is 5.64. The summed E-state index contributed by atoms with van der Waals surface area (Å²) in [6, 6.07) is 0.542. The Morgan fingerprint density at radius 3 is 2.23 bits per heavy atom. The minimum absolute atomic E-state index is 0.393. The Kier molecular flexibility index (Phi) is 8.46. The summed E-state index contributed by atoms with van der Waals surface area (Å²) >= 11 is 0. The summed E-state index contributed by atoms with van der Waals surface area (Å²) in [5.74, 6) is 0. The van der Waals surface area contributed by atoms with Crippen molar-refractivity contribution in [1.29, 1.82) is 0 Å². The third kappa shape index (κ3) is 5.27. The fraction of sp³-hybridized carbons (Fsp3) is 1.00. The zero-order chi connectivity index (χ0) is 10.1. The molecule has 0 aliphatic rings. The minimum Gasteiger partial charge on any atom is -0.377 e. The quantitative estimate of drug-likeness (QED) is 0.630. The van der Waals surface area contributed by atoms with Gasteiger partial charge in [-0.2, -0.15) is 0 Å². The van der Waals surface area contributed by atoms with Gasteiger partial charge in [0, 0.05) is 12.6 Å². The number of nitrogens with one attached hydrogen (secondary N) is 1. The first-order chi connectivity index (χ1) is 6.29. The van der Waals surface area contributed by atoms with Crippen LogP contribution in [0.25, 0.3) is 0 Å². The zero-order valence-electron chi connectivity index (χ0n) is 9.60. The molecule has 0 rings (SSSR count). The fourth-order valence-corrected chi connectivity index (χ4v) is 1.73. The topological polar surface area (TPSA) is 21.3 Å². The second-order valence-corrected chi connectivity index (χ2v) is 3.35. The Morgan fingerprint density at radius 1 is 1.15 bits per heavy atom. The molecule has 0 radical (unpaired) electrons. The number of hydrogen-bond acceptors (Lipinski definition) is 2. The highest BCUT2D eigenvalue weighted by molar-refractivity contribution is 4.75. The van der Waals surface area contributed by atoms with E-state index in [0.29, 0.717) is 12.1 Å². The normalized spacial score (nSPS) is 15.7. The number of hydrogen-bond donors (Lipinski definition) is 1. The highest BCUT2D eigenvalue weighted by atomic mass is 16.5. The lowest BCUT2D eigenvalue weighted by Crippen LogP contribution is -2.41. The van der Waals surface area contributed by atoms with Gasteiger partial charge in [0.05, 0.1) is 6.10 Å². The van der Waals surface area contributed by atoms with Crippen LogP contribution in [-0.2, 0) is 4.74 Å². The second-order valence-electron chi connectivity index (χ2n) is 3.35. The van der Waals surface area contributed by atoms with Crippen LogP contribution < -0.4 is 5.32 Å². The van der Waals surface area contributed by atoms with E-state index < -0.39 is 0 Å². The van der Waals surface area contributed by atoms with E-state index in [4.69, 9.17) is 4.74 Å². The molecule has 0 aromatic heterocycles. The van der Waals surface area contributed by atoms with Crippen LogP contribution in [0.5, 0.6) is 0 Å². The van der Waals surface area contributed by atoms with Gasteiger partial charge in [0.25, 0.3) is 0 Å². The van der Waals surface area contributed by atoms with E-state index in [1.54, 1.807) is 0 Å². The van der Waals surface area contributed by atoms with Gasteiger partial charge in [-0.15, -0.1) is 0 Å². The Balaban J connectivity index is 3.94. The molecule has 0 heterocycles. The average Bonchev–Trinajstić information content (AvgIpc) is 2.14. The maximum absolute atomic E-state index is 5.70. The van der Waals surface area contributed by atoms with E-state index in [-0.39, 0.29) is 0 Å². The van der Waals surface area contributed by atoms with E-state index in [0.717, 1.165) is 19.6 Å². The molecule has 0 aromatic carbocycles. The molecule has 2 heteroatoms. The van der Waals surface area contributed by atoms with Crippen molar-refractivity contribution in [2.45, 2.75) is 59.1 Å². The Bertz CT molecular complexity index is 100. The number of ether oxygens (including phenoxy) is 1. The van der Waals surface area contributed by atoms with Gasteiger partial charge in [0.15, 0.2) is 0 Å². The number of likely N-dealkylation sites (N-methyl/N-ethyl adjacent to an activating group) is 1. The lowest BCUT2D eigenvalue weighted by molar-refractivity contribution is 0.0299. The molecule has 80 valence electrons.